The van der Waals surface area contributed by atoms with Gasteiger partial charge in [-0.25, -0.2) is 17.2 Å². The van der Waals surface area contributed by atoms with E-state index in [1.807, 2.05) is 0 Å². The van der Waals surface area contributed by atoms with Crippen LogP contribution in [-0.4, -0.2) is 55.5 Å². The third kappa shape index (κ3) is 3.27. The van der Waals surface area contributed by atoms with Crippen LogP contribution >= 0.6 is 11.6 Å². The highest BCUT2D eigenvalue weighted by Crippen LogP contribution is 2.31. The van der Waals surface area contributed by atoms with Crippen molar-refractivity contribution in [2.45, 2.75) is 18.9 Å². The molecule has 1 aromatic rings. The molecular weight excluding hydrogens is 362 g/mol. The number of benzene rings is 1. The van der Waals surface area contributed by atoms with Crippen LogP contribution in [0.2, 0.25) is 5.02 Å². The lowest BCUT2D eigenvalue weighted by atomic mass is 9.94. The van der Waals surface area contributed by atoms with E-state index in [0.29, 0.717) is 19.5 Å². The SMILES string of the molecule is CS(=O)(=O)N1C[C@@H]2CC[C@H](C1)N(C(=O)c1cc(F)c(F)cc1Cl)C2. The van der Waals surface area contributed by atoms with Gasteiger partial charge in [0, 0.05) is 25.7 Å². The van der Waals surface area contributed by atoms with Crippen molar-refractivity contribution in [2.75, 3.05) is 25.9 Å². The summed E-state index contributed by atoms with van der Waals surface area (Å²) in [5.74, 6) is -2.73. The highest BCUT2D eigenvalue weighted by atomic mass is 35.5. The van der Waals surface area contributed by atoms with E-state index in [4.69, 9.17) is 11.6 Å². The van der Waals surface area contributed by atoms with Crippen molar-refractivity contribution in [1.29, 1.82) is 0 Å². The molecule has 3 heterocycles. The summed E-state index contributed by atoms with van der Waals surface area (Å²) in [4.78, 5) is 14.3. The van der Waals surface area contributed by atoms with Crippen LogP contribution < -0.4 is 0 Å². The van der Waals surface area contributed by atoms with Crippen molar-refractivity contribution in [3.63, 3.8) is 0 Å². The normalized spacial score (nSPS) is 24.9. The van der Waals surface area contributed by atoms with E-state index in [-0.39, 0.29) is 29.1 Å². The summed E-state index contributed by atoms with van der Waals surface area (Å²) in [6, 6.07) is 1.28. The Hall–Kier alpha value is -1.25. The van der Waals surface area contributed by atoms with Crippen molar-refractivity contribution in [2.24, 2.45) is 5.92 Å². The minimum Gasteiger partial charge on any atom is -0.334 e. The molecule has 0 N–H and O–H groups in total. The van der Waals surface area contributed by atoms with E-state index in [2.05, 4.69) is 0 Å². The maximum absolute atomic E-state index is 13.5. The Morgan fingerprint density at radius 3 is 2.50 bits per heavy atom. The third-order valence-corrected chi connectivity index (χ3v) is 6.20. The molecule has 0 saturated carbocycles. The number of hydrogen-bond donors (Lipinski definition) is 0. The number of carbonyl (C=O) groups is 1. The summed E-state index contributed by atoms with van der Waals surface area (Å²) in [6.45, 7) is 0.956. The number of fused-ring (bicyclic) bond motifs is 4. The molecule has 0 spiro atoms. The first-order chi connectivity index (χ1) is 11.2. The predicted octanol–water partition coefficient (Wildman–Crippen LogP) is 2.11. The molecule has 3 aliphatic rings. The van der Waals surface area contributed by atoms with Gasteiger partial charge >= 0.3 is 0 Å². The Morgan fingerprint density at radius 2 is 1.83 bits per heavy atom. The molecule has 0 radical (unpaired) electrons. The summed E-state index contributed by atoms with van der Waals surface area (Å²) in [6.07, 6.45) is 2.64. The van der Waals surface area contributed by atoms with Gasteiger partial charge in [-0.05, 0) is 30.9 Å². The first-order valence-electron chi connectivity index (χ1n) is 7.57. The van der Waals surface area contributed by atoms with Gasteiger partial charge in [0.25, 0.3) is 5.91 Å². The van der Waals surface area contributed by atoms with Crippen LogP contribution in [0.3, 0.4) is 0 Å². The number of nitrogens with zero attached hydrogens (tertiary/aromatic N) is 2. The van der Waals surface area contributed by atoms with Gasteiger partial charge in [-0.1, -0.05) is 11.6 Å². The van der Waals surface area contributed by atoms with Crippen molar-refractivity contribution < 1.29 is 22.0 Å². The lowest BCUT2D eigenvalue weighted by Gasteiger charge is -2.36. The molecule has 9 heteroatoms. The van der Waals surface area contributed by atoms with Gasteiger partial charge < -0.3 is 4.90 Å². The fourth-order valence-electron chi connectivity index (χ4n) is 3.40. The molecule has 2 bridgehead atoms. The maximum Gasteiger partial charge on any atom is 0.255 e. The molecule has 0 aromatic heterocycles. The number of amides is 1. The largest absolute Gasteiger partial charge is 0.334 e. The minimum atomic E-state index is -3.35. The highest BCUT2D eigenvalue weighted by molar-refractivity contribution is 7.88. The Bertz CT molecular complexity index is 787. The number of halogens is 3. The summed E-state index contributed by atoms with van der Waals surface area (Å²) in [5, 5.41) is -0.154. The topological polar surface area (TPSA) is 57.7 Å². The van der Waals surface area contributed by atoms with Crippen LogP contribution in [-0.2, 0) is 10.0 Å². The lowest BCUT2D eigenvalue weighted by molar-refractivity contribution is 0.0588. The molecule has 5 nitrogen and oxygen atoms in total. The van der Waals surface area contributed by atoms with Crippen LogP contribution in [0.1, 0.15) is 23.2 Å². The summed E-state index contributed by atoms with van der Waals surface area (Å²) in [7, 11) is -3.35. The second-order valence-electron chi connectivity index (χ2n) is 6.38. The molecular formula is C15H17ClF2N2O3S. The molecule has 3 saturated heterocycles. The average Bonchev–Trinajstić information content (AvgIpc) is 2.82. The summed E-state index contributed by atoms with van der Waals surface area (Å²) < 4.78 is 51.8. The van der Waals surface area contributed by atoms with Gasteiger partial charge in [0.05, 0.1) is 16.8 Å². The van der Waals surface area contributed by atoms with Crippen LogP contribution in [0.5, 0.6) is 0 Å². The Labute approximate surface area is 144 Å². The first-order valence-corrected chi connectivity index (χ1v) is 9.80. The highest BCUT2D eigenvalue weighted by Gasteiger charge is 2.40. The van der Waals surface area contributed by atoms with E-state index >= 15 is 0 Å². The fraction of sp³-hybridized carbons (Fsp3) is 0.533. The van der Waals surface area contributed by atoms with Gasteiger partial charge in [0.2, 0.25) is 10.0 Å². The number of sulfonamides is 1. The number of carbonyl (C=O) groups excluding carboxylic acids is 1. The summed E-state index contributed by atoms with van der Waals surface area (Å²) in [5.41, 5.74) is -0.103. The number of piperidine rings is 1. The zero-order valence-corrected chi connectivity index (χ0v) is 14.6. The van der Waals surface area contributed by atoms with Crippen molar-refractivity contribution in [3.8, 4) is 0 Å². The molecule has 3 fully saturated rings. The van der Waals surface area contributed by atoms with Crippen LogP contribution in [0.25, 0.3) is 0 Å². The molecule has 2 atom stereocenters. The number of rotatable bonds is 2. The second-order valence-corrected chi connectivity index (χ2v) is 8.77. The third-order valence-electron chi connectivity index (χ3n) is 4.65. The van der Waals surface area contributed by atoms with Crippen LogP contribution in [0.15, 0.2) is 12.1 Å². The minimum absolute atomic E-state index is 0.0199. The molecule has 1 amide bonds. The van der Waals surface area contributed by atoms with E-state index in [9.17, 15) is 22.0 Å². The van der Waals surface area contributed by atoms with Crippen LogP contribution in [0, 0.1) is 17.6 Å². The monoisotopic (exact) mass is 378 g/mol. The van der Waals surface area contributed by atoms with E-state index < -0.39 is 27.6 Å². The zero-order chi connectivity index (χ0) is 17.6. The number of hydrogen-bond acceptors (Lipinski definition) is 3. The van der Waals surface area contributed by atoms with Crippen molar-refractivity contribution >= 4 is 27.5 Å². The molecule has 132 valence electrons. The lowest BCUT2D eigenvalue weighted by Crippen LogP contribution is -2.47. The fourth-order valence-corrected chi connectivity index (χ4v) is 4.56. The molecule has 4 rings (SSSR count). The van der Waals surface area contributed by atoms with Gasteiger partial charge in [-0.3, -0.25) is 4.79 Å². The van der Waals surface area contributed by atoms with Gasteiger partial charge in [0.15, 0.2) is 11.6 Å². The quantitative estimate of drug-likeness (QED) is 0.741. The van der Waals surface area contributed by atoms with E-state index in [1.165, 1.54) is 9.21 Å². The van der Waals surface area contributed by atoms with Crippen molar-refractivity contribution in [3.05, 3.63) is 34.4 Å². The Morgan fingerprint density at radius 1 is 1.17 bits per heavy atom. The van der Waals surface area contributed by atoms with Gasteiger partial charge in [0.1, 0.15) is 0 Å². The second kappa shape index (κ2) is 6.24. The average molecular weight is 379 g/mol. The smallest absolute Gasteiger partial charge is 0.255 e. The Balaban J connectivity index is 1.91. The molecule has 24 heavy (non-hydrogen) atoms. The van der Waals surface area contributed by atoms with E-state index in [0.717, 1.165) is 24.8 Å². The Kier molecular flexibility index (Phi) is 4.57. The standard InChI is InChI=1S/C15H17ClF2N2O3S/c1-24(22,23)19-6-9-2-3-10(8-19)20(7-9)15(21)11-4-13(17)14(18)5-12(11)16/h4-5,9-10H,2-3,6-8H2,1H3/t9-,10+/m0/s1. The zero-order valence-electron chi connectivity index (χ0n) is 13.0. The van der Waals surface area contributed by atoms with E-state index in [1.54, 1.807) is 0 Å². The molecule has 0 aliphatic carbocycles. The van der Waals surface area contributed by atoms with Crippen LogP contribution in [0.4, 0.5) is 8.78 Å². The van der Waals surface area contributed by atoms with Gasteiger partial charge in [-0.15, -0.1) is 0 Å². The molecule has 3 aliphatic heterocycles. The predicted molar refractivity (Wildman–Crippen MR) is 85.3 cm³/mol. The summed E-state index contributed by atoms with van der Waals surface area (Å²) >= 11 is 5.90. The first kappa shape index (κ1) is 17.6. The van der Waals surface area contributed by atoms with Gasteiger partial charge in [-0.2, -0.15) is 4.31 Å². The molecule has 0 unspecified atom stereocenters. The van der Waals surface area contributed by atoms with Crippen molar-refractivity contribution in [1.82, 2.24) is 9.21 Å². The maximum atomic E-state index is 13.5. The molecule has 1 aromatic carbocycles.